The van der Waals surface area contributed by atoms with Gasteiger partial charge in [-0.05, 0) is 62.1 Å². The van der Waals surface area contributed by atoms with E-state index < -0.39 is 0 Å². The molecule has 2 N–H and O–H groups in total. The van der Waals surface area contributed by atoms with Gasteiger partial charge in [-0.3, -0.25) is 0 Å². The van der Waals surface area contributed by atoms with E-state index in [1.54, 1.807) is 12.1 Å². The largest absolute Gasteiger partial charge is 0.354 e. The highest BCUT2D eigenvalue weighted by Gasteiger charge is 2.05. The molecule has 1 heterocycles. The van der Waals surface area contributed by atoms with Gasteiger partial charge in [0, 0.05) is 24.0 Å². The molecule has 26 heavy (non-hydrogen) atoms. The summed E-state index contributed by atoms with van der Waals surface area (Å²) in [6, 6.07) is 15.0. The molecule has 0 amide bonds. The summed E-state index contributed by atoms with van der Waals surface area (Å²) in [6.07, 6.45) is 0.573. The first-order valence-electron chi connectivity index (χ1n) is 8.68. The Balaban J connectivity index is 1.68. The van der Waals surface area contributed by atoms with Gasteiger partial charge in [-0.15, -0.1) is 0 Å². The molecule has 0 aliphatic heterocycles. The fourth-order valence-electron chi connectivity index (χ4n) is 2.92. The molecular formula is C21H23FN4. The van der Waals surface area contributed by atoms with Crippen molar-refractivity contribution >= 4 is 17.5 Å². The zero-order valence-electron chi connectivity index (χ0n) is 15.3. The monoisotopic (exact) mass is 350 g/mol. The van der Waals surface area contributed by atoms with E-state index in [1.807, 2.05) is 19.1 Å². The van der Waals surface area contributed by atoms with E-state index in [1.165, 1.54) is 17.2 Å². The van der Waals surface area contributed by atoms with Crippen LogP contribution in [0.4, 0.5) is 21.8 Å². The first kappa shape index (κ1) is 17.9. The molecule has 4 nitrogen and oxygen atoms in total. The number of rotatable bonds is 6. The van der Waals surface area contributed by atoms with Crippen molar-refractivity contribution in [3.05, 3.63) is 76.7 Å². The summed E-state index contributed by atoms with van der Waals surface area (Å²) in [6.45, 7) is 6.63. The van der Waals surface area contributed by atoms with Gasteiger partial charge in [-0.25, -0.2) is 9.37 Å². The molecular weight excluding hydrogens is 327 g/mol. The quantitative estimate of drug-likeness (QED) is 0.661. The lowest BCUT2D eigenvalue weighted by atomic mass is 10.1. The van der Waals surface area contributed by atoms with Gasteiger partial charge in [0.05, 0.1) is 0 Å². The van der Waals surface area contributed by atoms with Crippen LogP contribution in [0.2, 0.25) is 0 Å². The van der Waals surface area contributed by atoms with Crippen molar-refractivity contribution in [3.8, 4) is 0 Å². The van der Waals surface area contributed by atoms with Gasteiger partial charge in [0.15, 0.2) is 0 Å². The van der Waals surface area contributed by atoms with Gasteiger partial charge < -0.3 is 10.6 Å². The van der Waals surface area contributed by atoms with Crippen molar-refractivity contribution in [3.63, 3.8) is 0 Å². The Kier molecular flexibility index (Phi) is 5.46. The Bertz CT molecular complexity index is 888. The molecule has 134 valence electrons. The minimum atomic E-state index is -0.184. The molecule has 3 rings (SSSR count). The number of aryl methyl sites for hydroxylation is 3. The van der Waals surface area contributed by atoms with Crippen molar-refractivity contribution < 1.29 is 4.39 Å². The van der Waals surface area contributed by atoms with Crippen LogP contribution in [0.5, 0.6) is 0 Å². The summed E-state index contributed by atoms with van der Waals surface area (Å²) in [5, 5.41) is 6.51. The summed E-state index contributed by atoms with van der Waals surface area (Å²) >= 11 is 0. The maximum Gasteiger partial charge on any atom is 0.224 e. The average molecular weight is 350 g/mol. The minimum absolute atomic E-state index is 0.184. The summed E-state index contributed by atoms with van der Waals surface area (Å²) in [5.41, 5.74) is 4.93. The fourth-order valence-corrected chi connectivity index (χ4v) is 2.92. The minimum Gasteiger partial charge on any atom is -0.354 e. The molecule has 0 bridgehead atoms. The second-order valence-corrected chi connectivity index (χ2v) is 6.49. The van der Waals surface area contributed by atoms with E-state index in [2.05, 4.69) is 52.6 Å². The van der Waals surface area contributed by atoms with E-state index in [-0.39, 0.29) is 5.82 Å². The third kappa shape index (κ3) is 4.79. The third-order valence-electron chi connectivity index (χ3n) is 3.98. The fraction of sp³-hybridized carbons (Fsp3) is 0.238. The van der Waals surface area contributed by atoms with Gasteiger partial charge in [-0.2, -0.15) is 4.98 Å². The van der Waals surface area contributed by atoms with Gasteiger partial charge >= 0.3 is 0 Å². The third-order valence-corrected chi connectivity index (χ3v) is 3.98. The van der Waals surface area contributed by atoms with Gasteiger partial charge in [0.2, 0.25) is 5.95 Å². The Hall–Kier alpha value is -2.95. The molecule has 0 aliphatic carbocycles. The second-order valence-electron chi connectivity index (χ2n) is 6.49. The molecule has 0 aliphatic rings. The van der Waals surface area contributed by atoms with E-state index in [0.717, 1.165) is 17.2 Å². The van der Waals surface area contributed by atoms with E-state index in [0.29, 0.717) is 24.5 Å². The molecule has 3 aromatic rings. The number of anilines is 3. The number of hydrogen-bond donors (Lipinski definition) is 2. The Labute approximate surface area is 153 Å². The van der Waals surface area contributed by atoms with Gasteiger partial charge in [-0.1, -0.05) is 24.3 Å². The SMILES string of the molecule is Cc1cc(C)cc(Nc2cc(C)nc(NCCc3ccccc3F)n2)c1. The smallest absolute Gasteiger partial charge is 0.224 e. The van der Waals surface area contributed by atoms with Crippen molar-refractivity contribution in [2.75, 3.05) is 17.2 Å². The average Bonchev–Trinajstić information content (AvgIpc) is 2.55. The highest BCUT2D eigenvalue weighted by Crippen LogP contribution is 2.19. The molecule has 0 atom stereocenters. The first-order valence-corrected chi connectivity index (χ1v) is 8.68. The lowest BCUT2D eigenvalue weighted by Crippen LogP contribution is -2.10. The summed E-state index contributed by atoms with van der Waals surface area (Å²) in [5.74, 6) is 1.08. The molecule has 0 fully saturated rings. The highest BCUT2D eigenvalue weighted by molar-refractivity contribution is 5.59. The molecule has 0 saturated carbocycles. The zero-order chi connectivity index (χ0) is 18.5. The van der Waals surface area contributed by atoms with E-state index in [4.69, 9.17) is 0 Å². The van der Waals surface area contributed by atoms with Gasteiger partial charge in [0.1, 0.15) is 11.6 Å². The lowest BCUT2D eigenvalue weighted by molar-refractivity contribution is 0.610. The Morgan fingerprint density at radius 1 is 0.923 bits per heavy atom. The normalized spacial score (nSPS) is 10.6. The van der Waals surface area contributed by atoms with Crippen LogP contribution < -0.4 is 10.6 Å². The first-order chi connectivity index (χ1) is 12.5. The summed E-state index contributed by atoms with van der Waals surface area (Å²) in [4.78, 5) is 8.92. The molecule has 5 heteroatoms. The molecule has 0 saturated heterocycles. The molecule has 0 unspecified atom stereocenters. The number of halogens is 1. The van der Waals surface area contributed by atoms with Crippen molar-refractivity contribution in [2.24, 2.45) is 0 Å². The van der Waals surface area contributed by atoms with Crippen LogP contribution >= 0.6 is 0 Å². The maximum absolute atomic E-state index is 13.7. The van der Waals surface area contributed by atoms with Crippen LogP contribution in [-0.4, -0.2) is 16.5 Å². The predicted octanol–water partition coefficient (Wildman–Crippen LogP) is 4.94. The number of aromatic nitrogens is 2. The maximum atomic E-state index is 13.7. The molecule has 0 radical (unpaired) electrons. The van der Waals surface area contributed by atoms with Crippen molar-refractivity contribution in [1.82, 2.24) is 9.97 Å². The standard InChI is InChI=1S/C21H23FN4/c1-14-10-15(2)12-18(11-14)25-20-13-16(3)24-21(26-20)23-9-8-17-6-4-5-7-19(17)22/h4-7,10-13H,8-9H2,1-3H3,(H2,23,24,25,26). The molecule has 2 aromatic carbocycles. The summed E-state index contributed by atoms with van der Waals surface area (Å²) in [7, 11) is 0. The number of nitrogens with one attached hydrogen (secondary N) is 2. The van der Waals surface area contributed by atoms with Crippen LogP contribution in [0, 0.1) is 26.6 Å². The van der Waals surface area contributed by atoms with Crippen LogP contribution in [-0.2, 0) is 6.42 Å². The van der Waals surface area contributed by atoms with E-state index in [9.17, 15) is 4.39 Å². The number of benzene rings is 2. The van der Waals surface area contributed by atoms with Gasteiger partial charge in [0.25, 0.3) is 0 Å². The van der Waals surface area contributed by atoms with E-state index >= 15 is 0 Å². The summed E-state index contributed by atoms with van der Waals surface area (Å²) < 4.78 is 13.7. The molecule has 1 aromatic heterocycles. The zero-order valence-corrected chi connectivity index (χ0v) is 15.3. The van der Waals surface area contributed by atoms with Crippen molar-refractivity contribution in [2.45, 2.75) is 27.2 Å². The topological polar surface area (TPSA) is 49.8 Å². The number of hydrogen-bond acceptors (Lipinski definition) is 4. The van der Waals surface area contributed by atoms with Crippen LogP contribution in [0.25, 0.3) is 0 Å². The highest BCUT2D eigenvalue weighted by atomic mass is 19.1. The second kappa shape index (κ2) is 7.95. The van der Waals surface area contributed by atoms with Crippen LogP contribution in [0.3, 0.4) is 0 Å². The number of nitrogens with zero attached hydrogens (tertiary/aromatic N) is 2. The predicted molar refractivity (Wildman–Crippen MR) is 105 cm³/mol. The Morgan fingerprint density at radius 3 is 2.38 bits per heavy atom. The van der Waals surface area contributed by atoms with Crippen LogP contribution in [0.15, 0.2) is 48.5 Å². The molecule has 0 spiro atoms. The Morgan fingerprint density at radius 2 is 1.65 bits per heavy atom. The lowest BCUT2D eigenvalue weighted by Gasteiger charge is -2.11. The van der Waals surface area contributed by atoms with Crippen LogP contribution in [0.1, 0.15) is 22.4 Å². The van der Waals surface area contributed by atoms with Crippen molar-refractivity contribution in [1.29, 1.82) is 0 Å².